The molecule has 1 aliphatic rings. The molecular weight excluding hydrogens is 310 g/mol. The first-order valence-electron chi connectivity index (χ1n) is 7.89. The minimum absolute atomic E-state index is 0.129. The molecule has 7 nitrogen and oxygen atoms in total. The van der Waals surface area contributed by atoms with Crippen molar-refractivity contribution in [3.05, 3.63) is 29.3 Å². The number of nitrogen functional groups attached to an aromatic ring is 1. The first-order chi connectivity index (χ1) is 11.4. The summed E-state index contributed by atoms with van der Waals surface area (Å²) in [6, 6.07) is 3.88. The van der Waals surface area contributed by atoms with Crippen molar-refractivity contribution in [1.29, 1.82) is 0 Å². The quantitative estimate of drug-likeness (QED) is 0.495. The Morgan fingerprint density at radius 3 is 2.75 bits per heavy atom. The number of rotatable bonds is 5. The number of nitrogens with two attached hydrogens (primary N) is 1. The van der Waals surface area contributed by atoms with Gasteiger partial charge in [0.15, 0.2) is 0 Å². The number of likely N-dealkylation sites (tertiary alicyclic amines) is 1. The zero-order valence-corrected chi connectivity index (χ0v) is 13.8. The molecule has 1 fully saturated rings. The molecule has 24 heavy (non-hydrogen) atoms. The Bertz CT molecular complexity index is 686. The Kier molecular flexibility index (Phi) is 5.33. The molecular formula is C17H21N3O4. The molecule has 1 unspecified atom stereocenters. The van der Waals surface area contributed by atoms with Crippen molar-refractivity contribution in [3.63, 3.8) is 0 Å². The lowest BCUT2D eigenvalue weighted by molar-refractivity contribution is -0.153. The fourth-order valence-corrected chi connectivity index (χ4v) is 2.83. The molecule has 0 spiro atoms. The van der Waals surface area contributed by atoms with Crippen LogP contribution >= 0.6 is 0 Å². The van der Waals surface area contributed by atoms with Gasteiger partial charge in [0.25, 0.3) is 11.8 Å². The number of carbonyl (C=O) groups is 4. The summed E-state index contributed by atoms with van der Waals surface area (Å²) in [5.41, 5.74) is 7.07. The van der Waals surface area contributed by atoms with Crippen LogP contribution in [-0.4, -0.2) is 46.5 Å². The Morgan fingerprint density at radius 2 is 2.12 bits per heavy atom. The second-order valence-electron chi connectivity index (χ2n) is 5.78. The standard InChI is InChI=1S/C17H21N3O4/c1-3-9-19-15(22)8-7-14(17(19)24)20(10-21)16(23)12-5-4-6-13(18)11(12)2/h4-6,10,14H,3,7-9,18H2,1-2H3. The van der Waals surface area contributed by atoms with Gasteiger partial charge in [-0.15, -0.1) is 0 Å². The first kappa shape index (κ1) is 17.7. The van der Waals surface area contributed by atoms with Crippen LogP contribution in [0.4, 0.5) is 5.69 Å². The summed E-state index contributed by atoms with van der Waals surface area (Å²) in [5, 5.41) is 0. The number of benzene rings is 1. The van der Waals surface area contributed by atoms with Gasteiger partial charge in [0.2, 0.25) is 12.3 Å². The summed E-state index contributed by atoms with van der Waals surface area (Å²) in [5.74, 6) is -1.36. The summed E-state index contributed by atoms with van der Waals surface area (Å²) in [6.45, 7) is 3.82. The molecule has 128 valence electrons. The summed E-state index contributed by atoms with van der Waals surface area (Å²) in [7, 11) is 0. The van der Waals surface area contributed by atoms with Crippen molar-refractivity contribution in [1.82, 2.24) is 9.80 Å². The number of piperidine rings is 1. The van der Waals surface area contributed by atoms with Gasteiger partial charge in [-0.25, -0.2) is 0 Å². The number of amides is 4. The molecule has 2 rings (SSSR count). The zero-order valence-electron chi connectivity index (χ0n) is 13.8. The highest BCUT2D eigenvalue weighted by Crippen LogP contribution is 2.22. The molecule has 0 aliphatic carbocycles. The van der Waals surface area contributed by atoms with Gasteiger partial charge in [-0.05, 0) is 37.5 Å². The topological polar surface area (TPSA) is 101 Å². The molecule has 1 atom stereocenters. The van der Waals surface area contributed by atoms with Crippen LogP contribution < -0.4 is 5.73 Å². The van der Waals surface area contributed by atoms with Crippen LogP contribution in [-0.2, 0) is 14.4 Å². The fraction of sp³-hybridized carbons (Fsp3) is 0.412. The first-order valence-corrected chi connectivity index (χ1v) is 7.89. The largest absolute Gasteiger partial charge is 0.398 e. The highest BCUT2D eigenvalue weighted by atomic mass is 16.2. The molecule has 0 bridgehead atoms. The summed E-state index contributed by atoms with van der Waals surface area (Å²) >= 11 is 0. The van der Waals surface area contributed by atoms with Crippen LogP contribution in [0.15, 0.2) is 18.2 Å². The van der Waals surface area contributed by atoms with Gasteiger partial charge in [-0.3, -0.25) is 29.0 Å². The molecule has 0 aromatic heterocycles. The number of nitrogens with zero attached hydrogens (tertiary/aromatic N) is 2. The molecule has 1 aliphatic heterocycles. The Morgan fingerprint density at radius 1 is 1.42 bits per heavy atom. The highest BCUT2D eigenvalue weighted by Gasteiger charge is 2.39. The predicted molar refractivity (Wildman–Crippen MR) is 87.9 cm³/mol. The molecule has 0 saturated carbocycles. The molecule has 1 saturated heterocycles. The summed E-state index contributed by atoms with van der Waals surface area (Å²) < 4.78 is 0. The summed E-state index contributed by atoms with van der Waals surface area (Å²) in [6.07, 6.45) is 1.24. The van der Waals surface area contributed by atoms with Crippen molar-refractivity contribution in [3.8, 4) is 0 Å². The van der Waals surface area contributed by atoms with E-state index in [1.165, 1.54) is 0 Å². The zero-order chi connectivity index (χ0) is 17.9. The Balaban J connectivity index is 2.32. The van der Waals surface area contributed by atoms with Crippen LogP contribution in [0, 0.1) is 6.92 Å². The minimum atomic E-state index is -0.958. The van der Waals surface area contributed by atoms with Gasteiger partial charge in [0.1, 0.15) is 6.04 Å². The van der Waals surface area contributed by atoms with E-state index in [-0.39, 0.29) is 30.9 Å². The van der Waals surface area contributed by atoms with Crippen molar-refractivity contribution in [2.75, 3.05) is 12.3 Å². The van der Waals surface area contributed by atoms with E-state index in [0.29, 0.717) is 24.1 Å². The molecule has 1 aromatic rings. The average Bonchev–Trinajstić information content (AvgIpc) is 2.56. The van der Waals surface area contributed by atoms with E-state index in [1.54, 1.807) is 25.1 Å². The van der Waals surface area contributed by atoms with E-state index in [9.17, 15) is 19.2 Å². The normalized spacial score (nSPS) is 17.8. The second-order valence-corrected chi connectivity index (χ2v) is 5.78. The van der Waals surface area contributed by atoms with Gasteiger partial charge >= 0.3 is 0 Å². The maximum Gasteiger partial charge on any atom is 0.261 e. The Labute approximate surface area is 140 Å². The highest BCUT2D eigenvalue weighted by molar-refractivity contribution is 6.08. The Hall–Kier alpha value is -2.70. The van der Waals surface area contributed by atoms with Crippen LogP contribution in [0.5, 0.6) is 0 Å². The van der Waals surface area contributed by atoms with Crippen molar-refractivity contribution < 1.29 is 19.2 Å². The number of hydrogen-bond donors (Lipinski definition) is 1. The SMILES string of the molecule is CCCN1C(=O)CCC(N(C=O)C(=O)c2cccc(N)c2C)C1=O. The van der Waals surface area contributed by atoms with Gasteiger partial charge in [-0.2, -0.15) is 0 Å². The van der Waals surface area contributed by atoms with Crippen molar-refractivity contribution in [2.45, 2.75) is 39.2 Å². The van der Waals surface area contributed by atoms with Crippen LogP contribution in [0.3, 0.4) is 0 Å². The molecule has 1 heterocycles. The smallest absolute Gasteiger partial charge is 0.261 e. The third kappa shape index (κ3) is 3.15. The molecule has 4 amide bonds. The monoisotopic (exact) mass is 331 g/mol. The minimum Gasteiger partial charge on any atom is -0.398 e. The molecule has 2 N–H and O–H groups in total. The van der Waals surface area contributed by atoms with Crippen molar-refractivity contribution in [2.24, 2.45) is 0 Å². The molecule has 7 heteroatoms. The lowest BCUT2D eigenvalue weighted by Gasteiger charge is -2.34. The van der Waals surface area contributed by atoms with E-state index in [4.69, 9.17) is 5.73 Å². The predicted octanol–water partition coefficient (Wildman–Crippen LogP) is 1.10. The maximum atomic E-state index is 12.7. The van der Waals surface area contributed by atoms with E-state index < -0.39 is 17.9 Å². The average molecular weight is 331 g/mol. The third-order valence-electron chi connectivity index (χ3n) is 4.22. The molecule has 1 aromatic carbocycles. The van der Waals surface area contributed by atoms with E-state index in [2.05, 4.69) is 0 Å². The number of anilines is 1. The van der Waals surface area contributed by atoms with E-state index >= 15 is 0 Å². The lowest BCUT2D eigenvalue weighted by Crippen LogP contribution is -2.55. The van der Waals surface area contributed by atoms with E-state index in [1.807, 2.05) is 6.92 Å². The van der Waals surface area contributed by atoms with E-state index in [0.717, 1.165) is 9.80 Å². The van der Waals surface area contributed by atoms with Gasteiger partial charge in [-0.1, -0.05) is 13.0 Å². The van der Waals surface area contributed by atoms with Crippen LogP contribution in [0.1, 0.15) is 42.1 Å². The third-order valence-corrected chi connectivity index (χ3v) is 4.22. The number of carbonyl (C=O) groups excluding carboxylic acids is 4. The summed E-state index contributed by atoms with van der Waals surface area (Å²) in [4.78, 5) is 50.7. The molecule has 0 radical (unpaired) electrons. The van der Waals surface area contributed by atoms with Gasteiger partial charge in [0, 0.05) is 24.2 Å². The maximum absolute atomic E-state index is 12.7. The van der Waals surface area contributed by atoms with Crippen molar-refractivity contribution >= 4 is 29.8 Å². The number of imide groups is 2. The van der Waals surface area contributed by atoms with Gasteiger partial charge in [0.05, 0.1) is 0 Å². The second kappa shape index (κ2) is 7.25. The van der Waals surface area contributed by atoms with Crippen LogP contribution in [0.2, 0.25) is 0 Å². The lowest BCUT2D eigenvalue weighted by atomic mass is 10.00. The number of hydrogen-bond acceptors (Lipinski definition) is 5. The van der Waals surface area contributed by atoms with Crippen LogP contribution in [0.25, 0.3) is 0 Å². The fourth-order valence-electron chi connectivity index (χ4n) is 2.83. The van der Waals surface area contributed by atoms with Gasteiger partial charge < -0.3 is 5.73 Å².